The number of aryl methyl sites for hydroxylation is 1. The van der Waals surface area contributed by atoms with Gasteiger partial charge in [-0.3, -0.25) is 0 Å². The molecule has 0 bridgehead atoms. The Morgan fingerprint density at radius 1 is 1.32 bits per heavy atom. The highest BCUT2D eigenvalue weighted by molar-refractivity contribution is 7.99. The van der Waals surface area contributed by atoms with Gasteiger partial charge in [0.2, 0.25) is 5.13 Å². The van der Waals surface area contributed by atoms with Crippen LogP contribution in [0.25, 0.3) is 0 Å². The van der Waals surface area contributed by atoms with E-state index in [-0.39, 0.29) is 5.82 Å². The number of anilines is 1. The summed E-state index contributed by atoms with van der Waals surface area (Å²) in [5.74, 6) is 1.71. The highest BCUT2D eigenvalue weighted by Gasteiger charge is 2.01. The zero-order valence-corrected chi connectivity index (χ0v) is 12.4. The molecule has 0 aliphatic carbocycles. The molecule has 0 atom stereocenters. The van der Waals surface area contributed by atoms with Crippen LogP contribution in [0.3, 0.4) is 0 Å². The fourth-order valence-electron chi connectivity index (χ4n) is 1.46. The van der Waals surface area contributed by atoms with E-state index in [1.807, 2.05) is 19.1 Å². The zero-order chi connectivity index (χ0) is 13.5. The number of nitrogens with one attached hydrogen (secondary N) is 1. The molecule has 2 aromatic rings. The van der Waals surface area contributed by atoms with Crippen LogP contribution in [0.2, 0.25) is 0 Å². The maximum atomic E-state index is 12.7. The summed E-state index contributed by atoms with van der Waals surface area (Å²) >= 11 is 3.14. The van der Waals surface area contributed by atoms with E-state index in [0.717, 1.165) is 41.0 Å². The molecule has 1 aromatic carbocycles. The molecule has 0 spiro atoms. The van der Waals surface area contributed by atoms with Crippen molar-refractivity contribution in [1.29, 1.82) is 0 Å². The Labute approximate surface area is 120 Å². The minimum atomic E-state index is -0.186. The van der Waals surface area contributed by atoms with E-state index in [4.69, 9.17) is 0 Å². The standard InChI is InChI=1S/C13H16FN3S2/c1-2-12-16-13(19-17-12)15-8-3-9-18-11-6-4-10(14)5-7-11/h4-7H,2-3,8-9H2,1H3,(H,15,16,17). The average molecular weight is 297 g/mol. The summed E-state index contributed by atoms with van der Waals surface area (Å²) in [6, 6.07) is 6.61. The van der Waals surface area contributed by atoms with Gasteiger partial charge in [0.25, 0.3) is 0 Å². The van der Waals surface area contributed by atoms with Gasteiger partial charge in [0, 0.05) is 29.4 Å². The number of thioether (sulfide) groups is 1. The molecule has 0 unspecified atom stereocenters. The molecular weight excluding hydrogens is 281 g/mol. The van der Waals surface area contributed by atoms with Crippen LogP contribution >= 0.6 is 23.3 Å². The van der Waals surface area contributed by atoms with E-state index < -0.39 is 0 Å². The molecule has 1 heterocycles. The van der Waals surface area contributed by atoms with Crippen molar-refractivity contribution >= 4 is 28.4 Å². The summed E-state index contributed by atoms with van der Waals surface area (Å²) in [5, 5.41) is 4.16. The Balaban J connectivity index is 1.63. The van der Waals surface area contributed by atoms with Gasteiger partial charge in [-0.2, -0.15) is 4.37 Å². The van der Waals surface area contributed by atoms with Crippen molar-refractivity contribution in [2.45, 2.75) is 24.7 Å². The number of hydrogen-bond acceptors (Lipinski definition) is 5. The van der Waals surface area contributed by atoms with E-state index in [0.29, 0.717) is 0 Å². The van der Waals surface area contributed by atoms with E-state index in [2.05, 4.69) is 14.7 Å². The fourth-order valence-corrected chi connectivity index (χ4v) is 2.99. The molecule has 0 aliphatic rings. The van der Waals surface area contributed by atoms with Crippen LogP contribution in [0, 0.1) is 5.82 Å². The number of nitrogens with zero attached hydrogens (tertiary/aromatic N) is 2. The van der Waals surface area contributed by atoms with Crippen molar-refractivity contribution in [2.24, 2.45) is 0 Å². The van der Waals surface area contributed by atoms with E-state index >= 15 is 0 Å². The zero-order valence-electron chi connectivity index (χ0n) is 10.7. The molecule has 0 saturated carbocycles. The Hall–Kier alpha value is -1.14. The third kappa shape index (κ3) is 4.80. The monoisotopic (exact) mass is 297 g/mol. The van der Waals surface area contributed by atoms with Gasteiger partial charge in [-0.1, -0.05) is 6.92 Å². The lowest BCUT2D eigenvalue weighted by Gasteiger charge is -2.02. The normalized spacial score (nSPS) is 10.6. The number of aromatic nitrogens is 2. The number of rotatable bonds is 7. The first-order chi connectivity index (χ1) is 9.28. The molecule has 1 aromatic heterocycles. The van der Waals surface area contributed by atoms with Crippen LogP contribution in [0.5, 0.6) is 0 Å². The van der Waals surface area contributed by atoms with Gasteiger partial charge in [-0.05, 0) is 36.4 Å². The molecule has 0 radical (unpaired) electrons. The van der Waals surface area contributed by atoms with Crippen molar-refractivity contribution in [3.8, 4) is 0 Å². The average Bonchev–Trinajstić information content (AvgIpc) is 2.88. The number of benzene rings is 1. The Morgan fingerprint density at radius 2 is 2.11 bits per heavy atom. The molecule has 2 rings (SSSR count). The predicted octanol–water partition coefficient (Wildman–Crippen LogP) is 3.83. The van der Waals surface area contributed by atoms with Gasteiger partial charge in [-0.25, -0.2) is 9.37 Å². The van der Waals surface area contributed by atoms with Crippen LogP contribution in [0.15, 0.2) is 29.2 Å². The van der Waals surface area contributed by atoms with Gasteiger partial charge in [-0.15, -0.1) is 11.8 Å². The third-order valence-electron chi connectivity index (χ3n) is 2.46. The van der Waals surface area contributed by atoms with Crippen LogP contribution in [0.1, 0.15) is 19.2 Å². The lowest BCUT2D eigenvalue weighted by Crippen LogP contribution is -2.02. The first-order valence-electron chi connectivity index (χ1n) is 6.22. The molecule has 6 heteroatoms. The highest BCUT2D eigenvalue weighted by Crippen LogP contribution is 2.19. The van der Waals surface area contributed by atoms with E-state index in [9.17, 15) is 4.39 Å². The highest BCUT2D eigenvalue weighted by atomic mass is 32.2. The van der Waals surface area contributed by atoms with Gasteiger partial charge in [0.1, 0.15) is 11.6 Å². The lowest BCUT2D eigenvalue weighted by molar-refractivity contribution is 0.626. The second-order valence-electron chi connectivity index (χ2n) is 3.95. The molecule has 0 aliphatic heterocycles. The van der Waals surface area contributed by atoms with Crippen molar-refractivity contribution < 1.29 is 4.39 Å². The number of hydrogen-bond donors (Lipinski definition) is 1. The molecule has 3 nitrogen and oxygen atoms in total. The molecule has 0 saturated heterocycles. The molecule has 102 valence electrons. The van der Waals surface area contributed by atoms with Crippen molar-refractivity contribution in [3.05, 3.63) is 35.9 Å². The van der Waals surface area contributed by atoms with E-state index in [1.54, 1.807) is 11.8 Å². The Bertz CT molecular complexity index is 499. The van der Waals surface area contributed by atoms with Crippen LogP contribution in [-0.4, -0.2) is 21.7 Å². The summed E-state index contributed by atoms with van der Waals surface area (Å²) in [5.41, 5.74) is 0. The summed E-state index contributed by atoms with van der Waals surface area (Å²) in [6.07, 6.45) is 1.90. The first-order valence-corrected chi connectivity index (χ1v) is 7.98. The van der Waals surface area contributed by atoms with Gasteiger partial charge in [0.15, 0.2) is 0 Å². The summed E-state index contributed by atoms with van der Waals surface area (Å²) in [6.45, 7) is 2.93. The SMILES string of the molecule is CCc1nsc(NCCCSc2ccc(F)cc2)n1. The molecule has 19 heavy (non-hydrogen) atoms. The quantitative estimate of drug-likeness (QED) is 0.622. The number of halogens is 1. The van der Waals surface area contributed by atoms with Gasteiger partial charge in [0.05, 0.1) is 0 Å². The van der Waals surface area contributed by atoms with Gasteiger partial charge >= 0.3 is 0 Å². The fraction of sp³-hybridized carbons (Fsp3) is 0.385. The maximum absolute atomic E-state index is 12.7. The molecule has 1 N–H and O–H groups in total. The Kier molecular flexibility index (Phi) is 5.60. The topological polar surface area (TPSA) is 37.8 Å². The Morgan fingerprint density at radius 3 is 2.79 bits per heavy atom. The molecule has 0 fully saturated rings. The first kappa shape index (κ1) is 14.3. The lowest BCUT2D eigenvalue weighted by atomic mass is 10.4. The predicted molar refractivity (Wildman–Crippen MR) is 79.5 cm³/mol. The summed E-state index contributed by atoms with van der Waals surface area (Å²) in [4.78, 5) is 5.44. The largest absolute Gasteiger partial charge is 0.360 e. The van der Waals surface area contributed by atoms with Gasteiger partial charge < -0.3 is 5.32 Å². The van der Waals surface area contributed by atoms with Crippen LogP contribution < -0.4 is 5.32 Å². The molecule has 0 amide bonds. The van der Waals surface area contributed by atoms with Crippen molar-refractivity contribution in [1.82, 2.24) is 9.36 Å². The summed E-state index contributed by atoms with van der Waals surface area (Å²) in [7, 11) is 0. The minimum absolute atomic E-state index is 0.186. The van der Waals surface area contributed by atoms with Crippen molar-refractivity contribution in [3.63, 3.8) is 0 Å². The van der Waals surface area contributed by atoms with Crippen LogP contribution in [-0.2, 0) is 6.42 Å². The minimum Gasteiger partial charge on any atom is -0.360 e. The van der Waals surface area contributed by atoms with Crippen molar-refractivity contribution in [2.75, 3.05) is 17.6 Å². The second-order valence-corrected chi connectivity index (χ2v) is 5.87. The maximum Gasteiger partial charge on any atom is 0.202 e. The summed E-state index contributed by atoms with van der Waals surface area (Å²) < 4.78 is 16.9. The van der Waals surface area contributed by atoms with E-state index in [1.165, 1.54) is 23.7 Å². The smallest absolute Gasteiger partial charge is 0.202 e. The third-order valence-corrected chi connectivity index (χ3v) is 4.27. The molecular formula is C13H16FN3S2. The van der Waals surface area contributed by atoms with Crippen LogP contribution in [0.4, 0.5) is 9.52 Å². The second kappa shape index (κ2) is 7.45.